The lowest BCUT2D eigenvalue weighted by molar-refractivity contribution is -0.146. The highest BCUT2D eigenvalue weighted by Gasteiger charge is 2.27. The third-order valence-corrected chi connectivity index (χ3v) is 5.08. The standard InChI is InChI=1S/C11H7F2N3O2.C10H17NO2/c12-7-1-6(2-8(13)3-7)9-4-15-10(5-14-9)16-11(17)18;12-10-8-13-7-6-11(10)9-4-2-1-3-5-9/h1-5H,(H,15,16)(H,17,18);9H,1-8H2. The number of hydrogen-bond donors (Lipinski definition) is 2. The predicted molar refractivity (Wildman–Crippen MR) is 108 cm³/mol. The second kappa shape index (κ2) is 10.8. The Hall–Kier alpha value is -3.14. The number of amides is 2. The normalized spacial score (nSPS) is 17.0. The van der Waals surface area contributed by atoms with E-state index in [1.54, 1.807) is 0 Å². The summed E-state index contributed by atoms with van der Waals surface area (Å²) in [5, 5.41) is 10.4. The smallest absolute Gasteiger partial charge is 0.410 e. The first-order chi connectivity index (χ1) is 14.9. The molecular weight excluding hydrogens is 410 g/mol. The van der Waals surface area contributed by atoms with Crippen molar-refractivity contribution in [3.05, 3.63) is 42.2 Å². The van der Waals surface area contributed by atoms with Gasteiger partial charge in [0.25, 0.3) is 0 Å². The van der Waals surface area contributed by atoms with Gasteiger partial charge in [-0.15, -0.1) is 0 Å². The van der Waals surface area contributed by atoms with Crippen LogP contribution >= 0.6 is 0 Å². The summed E-state index contributed by atoms with van der Waals surface area (Å²) >= 11 is 0. The first-order valence-electron chi connectivity index (χ1n) is 10.1. The highest BCUT2D eigenvalue weighted by atomic mass is 19.1. The minimum Gasteiger partial charge on any atom is -0.465 e. The lowest BCUT2D eigenvalue weighted by Crippen LogP contribution is -2.48. The third kappa shape index (κ3) is 6.68. The van der Waals surface area contributed by atoms with E-state index in [4.69, 9.17) is 9.84 Å². The molecule has 1 aliphatic carbocycles. The molecule has 2 amide bonds. The molecule has 1 saturated heterocycles. The van der Waals surface area contributed by atoms with Crippen LogP contribution in [0.1, 0.15) is 32.1 Å². The summed E-state index contributed by atoms with van der Waals surface area (Å²) in [5.41, 5.74) is 0.464. The number of morpholine rings is 1. The lowest BCUT2D eigenvalue weighted by Gasteiger charge is -2.36. The molecule has 8 nitrogen and oxygen atoms in total. The van der Waals surface area contributed by atoms with Crippen molar-refractivity contribution in [1.82, 2.24) is 14.9 Å². The number of carbonyl (C=O) groups is 2. The molecule has 1 aliphatic heterocycles. The topological polar surface area (TPSA) is 105 Å². The molecule has 0 atom stereocenters. The van der Waals surface area contributed by atoms with Crippen molar-refractivity contribution in [3.63, 3.8) is 0 Å². The maximum absolute atomic E-state index is 13.0. The van der Waals surface area contributed by atoms with Gasteiger partial charge in [0.15, 0.2) is 5.82 Å². The molecule has 2 heterocycles. The van der Waals surface area contributed by atoms with Crippen molar-refractivity contribution in [1.29, 1.82) is 0 Å². The van der Waals surface area contributed by atoms with Gasteiger partial charge in [0.2, 0.25) is 5.91 Å². The van der Waals surface area contributed by atoms with Gasteiger partial charge in [-0.1, -0.05) is 19.3 Å². The van der Waals surface area contributed by atoms with E-state index in [-0.39, 0.29) is 23.0 Å². The SMILES string of the molecule is O=C(O)Nc1cnc(-c2cc(F)cc(F)c2)cn1.O=C1COCCN1C1CCCCC1. The number of rotatable bonds is 3. The largest absolute Gasteiger partial charge is 0.465 e. The Morgan fingerprint density at radius 1 is 1.10 bits per heavy atom. The van der Waals surface area contributed by atoms with Gasteiger partial charge < -0.3 is 14.7 Å². The Morgan fingerprint density at radius 2 is 1.81 bits per heavy atom. The molecule has 2 N–H and O–H groups in total. The van der Waals surface area contributed by atoms with Gasteiger partial charge in [-0.3, -0.25) is 15.1 Å². The molecule has 2 fully saturated rings. The van der Waals surface area contributed by atoms with Gasteiger partial charge in [-0.25, -0.2) is 18.6 Å². The fourth-order valence-electron chi connectivity index (χ4n) is 3.66. The summed E-state index contributed by atoms with van der Waals surface area (Å²) in [6.07, 6.45) is 7.43. The zero-order valence-electron chi connectivity index (χ0n) is 16.9. The van der Waals surface area contributed by atoms with Crippen molar-refractivity contribution in [2.24, 2.45) is 0 Å². The van der Waals surface area contributed by atoms with Crippen molar-refractivity contribution >= 4 is 17.8 Å². The number of ether oxygens (including phenoxy) is 1. The highest BCUT2D eigenvalue weighted by molar-refractivity contribution is 5.81. The van der Waals surface area contributed by atoms with Crippen molar-refractivity contribution in [2.45, 2.75) is 38.1 Å². The van der Waals surface area contributed by atoms with Crippen LogP contribution in [0.5, 0.6) is 0 Å². The molecule has 2 aliphatic rings. The first kappa shape index (κ1) is 22.5. The van der Waals surface area contributed by atoms with Crippen molar-refractivity contribution in [2.75, 3.05) is 25.1 Å². The zero-order valence-corrected chi connectivity index (χ0v) is 16.9. The number of hydrogen-bond acceptors (Lipinski definition) is 5. The summed E-state index contributed by atoms with van der Waals surface area (Å²) in [5.74, 6) is -1.22. The summed E-state index contributed by atoms with van der Waals surface area (Å²) in [4.78, 5) is 31.5. The molecule has 2 aromatic rings. The molecule has 4 rings (SSSR count). The average molecular weight is 434 g/mol. The molecular formula is C21H24F2N4O4. The summed E-state index contributed by atoms with van der Waals surface area (Å²) in [6, 6.07) is 3.48. The quantitative estimate of drug-likeness (QED) is 0.764. The number of halogens is 2. The van der Waals surface area contributed by atoms with Crippen LogP contribution in [0.25, 0.3) is 11.3 Å². The Labute approximate surface area is 178 Å². The second-order valence-electron chi connectivity index (χ2n) is 7.31. The van der Waals surface area contributed by atoms with Crippen LogP contribution in [0.3, 0.4) is 0 Å². The van der Waals surface area contributed by atoms with E-state index in [1.807, 2.05) is 10.2 Å². The molecule has 10 heteroatoms. The molecule has 0 spiro atoms. The molecule has 0 bridgehead atoms. The minimum absolute atomic E-state index is 0.0307. The van der Waals surface area contributed by atoms with E-state index >= 15 is 0 Å². The van der Waals surface area contributed by atoms with Crippen LogP contribution in [0.15, 0.2) is 30.6 Å². The van der Waals surface area contributed by atoms with Crippen LogP contribution in [-0.2, 0) is 9.53 Å². The lowest BCUT2D eigenvalue weighted by atomic mass is 9.94. The minimum atomic E-state index is -1.27. The summed E-state index contributed by atoms with van der Waals surface area (Å²) < 4.78 is 31.1. The monoisotopic (exact) mass is 434 g/mol. The number of carbonyl (C=O) groups excluding carboxylic acids is 1. The molecule has 0 unspecified atom stereocenters. The highest BCUT2D eigenvalue weighted by Crippen LogP contribution is 2.23. The molecule has 0 radical (unpaired) electrons. The van der Waals surface area contributed by atoms with Crippen LogP contribution < -0.4 is 5.32 Å². The number of carboxylic acid groups (broad SMARTS) is 1. The zero-order chi connectivity index (χ0) is 22.2. The van der Waals surface area contributed by atoms with E-state index in [1.165, 1.54) is 38.3 Å². The maximum atomic E-state index is 13.0. The van der Waals surface area contributed by atoms with Gasteiger partial charge in [0.05, 0.1) is 24.7 Å². The Kier molecular flexibility index (Phi) is 7.82. The van der Waals surface area contributed by atoms with Gasteiger partial charge in [-0.05, 0) is 25.0 Å². The molecule has 1 aromatic carbocycles. The molecule has 166 valence electrons. The predicted octanol–water partition coefficient (Wildman–Crippen LogP) is 3.69. The van der Waals surface area contributed by atoms with Crippen LogP contribution in [-0.4, -0.2) is 57.8 Å². The first-order valence-corrected chi connectivity index (χ1v) is 10.1. The molecule has 31 heavy (non-hydrogen) atoms. The van der Waals surface area contributed by atoms with Gasteiger partial charge >= 0.3 is 6.09 Å². The summed E-state index contributed by atoms with van der Waals surface area (Å²) in [7, 11) is 0. The number of nitrogens with one attached hydrogen (secondary N) is 1. The van der Waals surface area contributed by atoms with Crippen molar-refractivity contribution < 1.29 is 28.2 Å². The van der Waals surface area contributed by atoms with Crippen LogP contribution in [0.2, 0.25) is 0 Å². The van der Waals surface area contributed by atoms with Gasteiger partial charge in [-0.2, -0.15) is 0 Å². The Bertz CT molecular complexity index is 885. The third-order valence-electron chi connectivity index (χ3n) is 5.08. The Morgan fingerprint density at radius 3 is 2.39 bits per heavy atom. The number of anilines is 1. The average Bonchev–Trinajstić information content (AvgIpc) is 2.75. The molecule has 1 aromatic heterocycles. The van der Waals surface area contributed by atoms with E-state index < -0.39 is 17.7 Å². The number of aromatic nitrogens is 2. The number of nitrogens with zero attached hydrogens (tertiary/aromatic N) is 3. The van der Waals surface area contributed by atoms with Gasteiger partial charge in [0.1, 0.15) is 18.2 Å². The fraction of sp³-hybridized carbons (Fsp3) is 0.429. The van der Waals surface area contributed by atoms with E-state index in [2.05, 4.69) is 9.97 Å². The fourth-order valence-corrected chi connectivity index (χ4v) is 3.66. The van der Waals surface area contributed by atoms with Crippen LogP contribution in [0.4, 0.5) is 19.4 Å². The van der Waals surface area contributed by atoms with Gasteiger partial charge in [0, 0.05) is 24.2 Å². The van der Waals surface area contributed by atoms with E-state index in [0.29, 0.717) is 12.6 Å². The molecule has 1 saturated carbocycles. The maximum Gasteiger partial charge on any atom is 0.410 e. The second-order valence-corrected chi connectivity index (χ2v) is 7.31. The Balaban J connectivity index is 0.000000185. The summed E-state index contributed by atoms with van der Waals surface area (Å²) in [6.45, 7) is 1.84. The van der Waals surface area contributed by atoms with E-state index in [9.17, 15) is 18.4 Å². The van der Waals surface area contributed by atoms with E-state index in [0.717, 1.165) is 37.5 Å². The number of benzene rings is 1. The van der Waals surface area contributed by atoms with Crippen molar-refractivity contribution in [3.8, 4) is 11.3 Å². The van der Waals surface area contributed by atoms with Crippen LogP contribution in [0, 0.1) is 11.6 Å².